The number of para-hydroxylation sites is 1. The minimum Gasteiger partial charge on any atom is -0.447 e. The SMILES string of the molecule is O=C(NCCN1CCCC1)c1coc(CN(CCc2c[nH]c3ccccc23)Cc2ccc(F)cc2)n1. The maximum absolute atomic E-state index is 13.4. The lowest BCUT2D eigenvalue weighted by atomic mass is 10.1. The van der Waals surface area contributed by atoms with Crippen LogP contribution >= 0.6 is 0 Å². The maximum Gasteiger partial charge on any atom is 0.273 e. The van der Waals surface area contributed by atoms with Gasteiger partial charge in [0, 0.05) is 43.3 Å². The van der Waals surface area contributed by atoms with Gasteiger partial charge >= 0.3 is 0 Å². The van der Waals surface area contributed by atoms with Crippen LogP contribution in [-0.4, -0.2) is 58.4 Å². The Labute approximate surface area is 210 Å². The molecule has 188 valence electrons. The largest absolute Gasteiger partial charge is 0.447 e. The number of hydrogen-bond acceptors (Lipinski definition) is 5. The van der Waals surface area contributed by atoms with E-state index >= 15 is 0 Å². The van der Waals surface area contributed by atoms with Gasteiger partial charge in [0.25, 0.3) is 5.91 Å². The molecule has 2 N–H and O–H groups in total. The van der Waals surface area contributed by atoms with Gasteiger partial charge in [-0.2, -0.15) is 0 Å². The van der Waals surface area contributed by atoms with Crippen LogP contribution in [0.25, 0.3) is 10.9 Å². The molecule has 4 aromatic rings. The number of amides is 1. The monoisotopic (exact) mass is 489 g/mol. The fourth-order valence-electron chi connectivity index (χ4n) is 4.78. The molecule has 5 rings (SSSR count). The lowest BCUT2D eigenvalue weighted by Gasteiger charge is -2.21. The number of halogens is 1. The molecular weight excluding hydrogens is 457 g/mol. The van der Waals surface area contributed by atoms with Crippen molar-refractivity contribution in [3.63, 3.8) is 0 Å². The van der Waals surface area contributed by atoms with Gasteiger partial charge < -0.3 is 19.6 Å². The van der Waals surface area contributed by atoms with Crippen LogP contribution in [0.1, 0.15) is 40.3 Å². The average molecular weight is 490 g/mol. The smallest absolute Gasteiger partial charge is 0.273 e. The first-order chi connectivity index (χ1) is 17.6. The van der Waals surface area contributed by atoms with E-state index in [4.69, 9.17) is 4.42 Å². The summed E-state index contributed by atoms with van der Waals surface area (Å²) in [6.45, 7) is 5.47. The van der Waals surface area contributed by atoms with Gasteiger partial charge in [0.1, 0.15) is 12.1 Å². The number of benzene rings is 2. The van der Waals surface area contributed by atoms with E-state index in [0.29, 0.717) is 31.2 Å². The van der Waals surface area contributed by atoms with Crippen molar-refractivity contribution in [2.75, 3.05) is 32.7 Å². The zero-order valence-corrected chi connectivity index (χ0v) is 20.4. The van der Waals surface area contributed by atoms with Crippen molar-refractivity contribution in [3.8, 4) is 0 Å². The highest BCUT2D eigenvalue weighted by Gasteiger charge is 2.17. The Morgan fingerprint density at radius 3 is 2.75 bits per heavy atom. The number of hydrogen-bond donors (Lipinski definition) is 2. The summed E-state index contributed by atoms with van der Waals surface area (Å²) < 4.78 is 19.1. The number of fused-ring (bicyclic) bond motifs is 1. The van der Waals surface area contributed by atoms with Crippen molar-refractivity contribution in [3.05, 3.63) is 89.5 Å². The molecule has 1 fully saturated rings. The van der Waals surface area contributed by atoms with Gasteiger partial charge in [0.2, 0.25) is 5.89 Å². The van der Waals surface area contributed by atoms with E-state index in [9.17, 15) is 9.18 Å². The molecule has 7 nitrogen and oxygen atoms in total. The van der Waals surface area contributed by atoms with Gasteiger partial charge in [0.15, 0.2) is 5.69 Å². The van der Waals surface area contributed by atoms with Gasteiger partial charge in [-0.3, -0.25) is 9.69 Å². The number of aromatic nitrogens is 2. The second-order valence-electron chi connectivity index (χ2n) is 9.38. The molecule has 0 saturated carbocycles. The lowest BCUT2D eigenvalue weighted by molar-refractivity contribution is 0.0944. The van der Waals surface area contributed by atoms with Crippen molar-refractivity contribution in [1.82, 2.24) is 25.1 Å². The molecule has 1 amide bonds. The Kier molecular flexibility index (Phi) is 7.73. The normalized spacial score (nSPS) is 14.2. The number of likely N-dealkylation sites (tertiary alicyclic amines) is 1. The van der Waals surface area contributed by atoms with Crippen molar-refractivity contribution in [2.45, 2.75) is 32.4 Å². The second kappa shape index (κ2) is 11.5. The first-order valence-corrected chi connectivity index (χ1v) is 12.6. The van der Waals surface area contributed by atoms with Crippen LogP contribution in [0.15, 0.2) is 65.4 Å². The van der Waals surface area contributed by atoms with Gasteiger partial charge in [-0.15, -0.1) is 0 Å². The topological polar surface area (TPSA) is 77.4 Å². The standard InChI is InChI=1S/C28H32FN5O2/c29-23-9-7-21(8-10-23)18-34(15-11-22-17-31-25-6-2-1-5-24(22)25)19-27-32-26(20-36-27)28(35)30-12-16-33-13-3-4-14-33/h1-2,5-10,17,20,31H,3-4,11-16,18-19H2,(H,30,35). The van der Waals surface area contributed by atoms with Crippen LogP contribution < -0.4 is 5.32 Å². The molecule has 2 aromatic carbocycles. The number of oxazole rings is 1. The Bertz CT molecular complexity index is 1280. The molecule has 1 aliphatic rings. The van der Waals surface area contributed by atoms with E-state index < -0.39 is 0 Å². The van der Waals surface area contributed by atoms with Crippen LogP contribution in [0.5, 0.6) is 0 Å². The van der Waals surface area contributed by atoms with Gasteiger partial charge in [-0.1, -0.05) is 30.3 Å². The van der Waals surface area contributed by atoms with E-state index in [2.05, 4.69) is 43.4 Å². The Morgan fingerprint density at radius 2 is 1.92 bits per heavy atom. The van der Waals surface area contributed by atoms with E-state index in [1.165, 1.54) is 42.2 Å². The van der Waals surface area contributed by atoms with E-state index in [1.807, 2.05) is 12.1 Å². The summed E-state index contributed by atoms with van der Waals surface area (Å²) in [5.74, 6) is 0.0194. The van der Waals surface area contributed by atoms with Gasteiger partial charge in [0.05, 0.1) is 6.54 Å². The molecule has 0 unspecified atom stereocenters. The van der Waals surface area contributed by atoms with Crippen LogP contribution in [0.4, 0.5) is 4.39 Å². The summed E-state index contributed by atoms with van der Waals surface area (Å²) >= 11 is 0. The number of nitrogens with zero attached hydrogens (tertiary/aromatic N) is 3. The zero-order chi connectivity index (χ0) is 24.7. The predicted octanol–water partition coefficient (Wildman–Crippen LogP) is 4.37. The molecule has 0 atom stereocenters. The van der Waals surface area contributed by atoms with Crippen molar-refractivity contribution >= 4 is 16.8 Å². The molecule has 2 aromatic heterocycles. The molecular formula is C28H32FN5O2. The first kappa shape index (κ1) is 24.2. The highest BCUT2D eigenvalue weighted by molar-refractivity contribution is 5.91. The summed E-state index contributed by atoms with van der Waals surface area (Å²) in [6, 6.07) is 14.8. The number of carbonyl (C=O) groups excluding carboxylic acids is 1. The Balaban J connectivity index is 1.22. The third-order valence-electron chi connectivity index (χ3n) is 6.75. The zero-order valence-electron chi connectivity index (χ0n) is 20.4. The molecule has 0 aliphatic carbocycles. The predicted molar refractivity (Wildman–Crippen MR) is 137 cm³/mol. The number of nitrogens with one attached hydrogen (secondary N) is 2. The molecule has 0 spiro atoms. The van der Waals surface area contributed by atoms with E-state index in [1.54, 1.807) is 12.1 Å². The maximum atomic E-state index is 13.4. The number of aromatic amines is 1. The highest BCUT2D eigenvalue weighted by atomic mass is 19.1. The number of H-pyrrole nitrogens is 1. The lowest BCUT2D eigenvalue weighted by Crippen LogP contribution is -2.33. The average Bonchev–Trinajstić information content (AvgIpc) is 3.65. The van der Waals surface area contributed by atoms with Crippen LogP contribution in [0, 0.1) is 5.82 Å². The molecule has 0 bridgehead atoms. The summed E-state index contributed by atoms with van der Waals surface area (Å²) in [4.78, 5) is 24.9. The van der Waals surface area contributed by atoms with Crippen molar-refractivity contribution < 1.29 is 13.6 Å². The highest BCUT2D eigenvalue weighted by Crippen LogP contribution is 2.19. The Morgan fingerprint density at radius 1 is 1.11 bits per heavy atom. The van der Waals surface area contributed by atoms with Crippen LogP contribution in [-0.2, 0) is 19.5 Å². The fraction of sp³-hybridized carbons (Fsp3) is 0.357. The van der Waals surface area contributed by atoms with E-state index in [0.717, 1.165) is 43.7 Å². The minimum atomic E-state index is -0.253. The van der Waals surface area contributed by atoms with Gasteiger partial charge in [-0.25, -0.2) is 9.37 Å². The fourth-order valence-corrected chi connectivity index (χ4v) is 4.78. The summed E-state index contributed by atoms with van der Waals surface area (Å²) in [5.41, 5.74) is 3.65. The van der Waals surface area contributed by atoms with E-state index in [-0.39, 0.29) is 11.7 Å². The molecule has 1 saturated heterocycles. The molecule has 36 heavy (non-hydrogen) atoms. The summed E-state index contributed by atoms with van der Waals surface area (Å²) in [6.07, 6.45) is 6.77. The molecule has 1 aliphatic heterocycles. The first-order valence-electron chi connectivity index (χ1n) is 12.6. The third kappa shape index (κ3) is 6.19. The summed E-state index contributed by atoms with van der Waals surface area (Å²) in [7, 11) is 0. The summed E-state index contributed by atoms with van der Waals surface area (Å²) in [5, 5.41) is 4.15. The quantitative estimate of drug-likeness (QED) is 0.327. The second-order valence-corrected chi connectivity index (χ2v) is 9.38. The molecule has 0 radical (unpaired) electrons. The van der Waals surface area contributed by atoms with Crippen molar-refractivity contribution in [1.29, 1.82) is 0 Å². The number of carbonyl (C=O) groups is 1. The number of rotatable bonds is 11. The van der Waals surface area contributed by atoms with Crippen molar-refractivity contribution in [2.24, 2.45) is 0 Å². The minimum absolute atomic E-state index is 0.215. The molecule has 8 heteroatoms. The van der Waals surface area contributed by atoms with Crippen LogP contribution in [0.3, 0.4) is 0 Å². The van der Waals surface area contributed by atoms with Crippen LogP contribution in [0.2, 0.25) is 0 Å². The van der Waals surface area contributed by atoms with Gasteiger partial charge in [-0.05, 0) is 61.7 Å². The molecule has 3 heterocycles. The third-order valence-corrected chi connectivity index (χ3v) is 6.75. The Hall–Kier alpha value is -3.49.